The molecule has 0 aliphatic carbocycles. The van der Waals surface area contributed by atoms with Gasteiger partial charge in [-0.25, -0.2) is 4.98 Å². The van der Waals surface area contributed by atoms with Crippen LogP contribution in [0.2, 0.25) is 0 Å². The summed E-state index contributed by atoms with van der Waals surface area (Å²) in [6.07, 6.45) is 2.79. The van der Waals surface area contributed by atoms with Crippen molar-refractivity contribution in [2.45, 2.75) is 39.8 Å². The third-order valence-corrected chi connectivity index (χ3v) is 3.04. The lowest BCUT2D eigenvalue weighted by Crippen LogP contribution is -2.21. The van der Waals surface area contributed by atoms with Crippen LogP contribution in [0.1, 0.15) is 31.9 Å². The highest BCUT2D eigenvalue weighted by Crippen LogP contribution is 2.21. The van der Waals surface area contributed by atoms with E-state index in [1.54, 1.807) is 6.20 Å². The van der Waals surface area contributed by atoms with Gasteiger partial charge in [-0.05, 0) is 35.7 Å². The molecule has 1 N–H and O–H groups in total. The average molecular weight is 270 g/mol. The first-order valence-corrected chi connectivity index (χ1v) is 7.12. The molecule has 0 amide bonds. The van der Waals surface area contributed by atoms with E-state index in [2.05, 4.69) is 43.2 Å². The van der Waals surface area contributed by atoms with Crippen molar-refractivity contribution >= 4 is 0 Å². The minimum atomic E-state index is 0.466. The zero-order valence-electron chi connectivity index (χ0n) is 12.4. The Balaban J connectivity index is 2.06. The molecule has 0 spiro atoms. The molecule has 3 heteroatoms. The first-order chi connectivity index (χ1) is 9.67. The van der Waals surface area contributed by atoms with Crippen LogP contribution in [0, 0.1) is 0 Å². The second-order valence-electron chi connectivity index (χ2n) is 5.14. The number of nitrogens with zero attached hydrogens (tertiary/aromatic N) is 1. The minimum Gasteiger partial charge on any atom is -0.439 e. The summed E-state index contributed by atoms with van der Waals surface area (Å²) in [5.74, 6) is 1.48. The summed E-state index contributed by atoms with van der Waals surface area (Å²) in [4.78, 5) is 4.27. The summed E-state index contributed by atoms with van der Waals surface area (Å²) < 4.78 is 5.83. The molecule has 0 aliphatic heterocycles. The first-order valence-electron chi connectivity index (χ1n) is 7.12. The third kappa shape index (κ3) is 4.35. The van der Waals surface area contributed by atoms with Gasteiger partial charge in [0.25, 0.3) is 0 Å². The molecule has 0 fully saturated rings. The van der Waals surface area contributed by atoms with Gasteiger partial charge in [-0.2, -0.15) is 0 Å². The van der Waals surface area contributed by atoms with Crippen LogP contribution in [-0.4, -0.2) is 11.0 Å². The van der Waals surface area contributed by atoms with E-state index < -0.39 is 0 Å². The number of hydrogen-bond donors (Lipinski definition) is 1. The van der Waals surface area contributed by atoms with E-state index in [1.165, 1.54) is 11.1 Å². The predicted octanol–water partition coefficient (Wildman–Crippen LogP) is 3.93. The Labute approximate surface area is 121 Å². The Kier molecular flexibility index (Phi) is 5.13. The molecule has 0 aliphatic rings. The summed E-state index contributed by atoms with van der Waals surface area (Å²) in [6, 6.07) is 12.6. The number of aryl methyl sites for hydroxylation is 1. The van der Waals surface area contributed by atoms with Crippen LogP contribution >= 0.6 is 0 Å². The molecule has 3 nitrogen and oxygen atoms in total. The van der Waals surface area contributed by atoms with Crippen molar-refractivity contribution in [3.05, 3.63) is 53.7 Å². The molecule has 1 aromatic carbocycles. The van der Waals surface area contributed by atoms with Gasteiger partial charge in [0.05, 0.1) is 0 Å². The lowest BCUT2D eigenvalue weighted by Gasteiger charge is -2.10. The monoisotopic (exact) mass is 270 g/mol. The summed E-state index contributed by atoms with van der Waals surface area (Å²) in [7, 11) is 0. The second kappa shape index (κ2) is 7.06. The van der Waals surface area contributed by atoms with E-state index in [0.717, 1.165) is 18.7 Å². The molecular formula is C17H22N2O. The molecule has 1 aromatic heterocycles. The molecule has 0 bridgehead atoms. The van der Waals surface area contributed by atoms with E-state index in [9.17, 15) is 0 Å². The number of hydrogen-bond acceptors (Lipinski definition) is 3. The Morgan fingerprint density at radius 2 is 2.00 bits per heavy atom. The lowest BCUT2D eigenvalue weighted by molar-refractivity contribution is 0.460. The smallest absolute Gasteiger partial charge is 0.219 e. The van der Waals surface area contributed by atoms with E-state index in [4.69, 9.17) is 4.74 Å². The molecule has 0 saturated heterocycles. The van der Waals surface area contributed by atoms with Crippen LogP contribution in [0.25, 0.3) is 0 Å². The third-order valence-electron chi connectivity index (χ3n) is 3.04. The van der Waals surface area contributed by atoms with Crippen LogP contribution in [0.4, 0.5) is 0 Å². The number of rotatable bonds is 6. The van der Waals surface area contributed by atoms with Crippen molar-refractivity contribution in [2.24, 2.45) is 0 Å². The zero-order chi connectivity index (χ0) is 14.4. The Morgan fingerprint density at radius 3 is 2.75 bits per heavy atom. The van der Waals surface area contributed by atoms with E-state index in [-0.39, 0.29) is 0 Å². The Morgan fingerprint density at radius 1 is 1.15 bits per heavy atom. The molecule has 20 heavy (non-hydrogen) atoms. The van der Waals surface area contributed by atoms with E-state index >= 15 is 0 Å². The first kappa shape index (κ1) is 14.5. The summed E-state index contributed by atoms with van der Waals surface area (Å²) in [5.41, 5.74) is 2.44. The highest BCUT2D eigenvalue weighted by molar-refractivity contribution is 5.32. The highest BCUT2D eigenvalue weighted by Gasteiger charge is 2.02. The molecule has 0 unspecified atom stereocenters. The molecule has 2 aromatic rings. The van der Waals surface area contributed by atoms with Crippen molar-refractivity contribution in [1.82, 2.24) is 10.3 Å². The van der Waals surface area contributed by atoms with Gasteiger partial charge in [0.1, 0.15) is 5.75 Å². The highest BCUT2D eigenvalue weighted by atomic mass is 16.5. The standard InChI is InChI=1S/C17H22N2O/c1-4-14-6-5-7-16(10-14)20-17-11-15(8-9-18-17)12-19-13(2)3/h5-11,13,19H,4,12H2,1-3H3. The summed E-state index contributed by atoms with van der Waals surface area (Å²) >= 11 is 0. The van der Waals surface area contributed by atoms with Crippen molar-refractivity contribution in [3.8, 4) is 11.6 Å². The van der Waals surface area contributed by atoms with Crippen molar-refractivity contribution in [3.63, 3.8) is 0 Å². The van der Waals surface area contributed by atoms with Gasteiger partial charge < -0.3 is 10.1 Å². The molecule has 2 rings (SSSR count). The van der Waals surface area contributed by atoms with Gasteiger partial charge in [0.2, 0.25) is 5.88 Å². The van der Waals surface area contributed by atoms with Crippen LogP contribution in [-0.2, 0) is 13.0 Å². The maximum atomic E-state index is 5.83. The molecule has 0 atom stereocenters. The van der Waals surface area contributed by atoms with Crippen LogP contribution in [0.3, 0.4) is 0 Å². The number of benzene rings is 1. The van der Waals surface area contributed by atoms with E-state index in [1.807, 2.05) is 24.3 Å². The minimum absolute atomic E-state index is 0.466. The van der Waals surface area contributed by atoms with Gasteiger partial charge in [-0.15, -0.1) is 0 Å². The number of pyridine rings is 1. The van der Waals surface area contributed by atoms with Gasteiger partial charge in [-0.3, -0.25) is 0 Å². The fourth-order valence-corrected chi connectivity index (χ4v) is 1.89. The van der Waals surface area contributed by atoms with Crippen molar-refractivity contribution < 1.29 is 4.74 Å². The molecule has 106 valence electrons. The topological polar surface area (TPSA) is 34.1 Å². The Bertz CT molecular complexity index is 552. The molecule has 0 saturated carbocycles. The fourth-order valence-electron chi connectivity index (χ4n) is 1.89. The molecule has 0 radical (unpaired) electrons. The molecular weight excluding hydrogens is 248 g/mol. The van der Waals surface area contributed by atoms with Gasteiger partial charge in [0, 0.05) is 24.8 Å². The number of ether oxygens (including phenoxy) is 1. The number of aromatic nitrogens is 1. The van der Waals surface area contributed by atoms with Gasteiger partial charge in [0.15, 0.2) is 0 Å². The summed E-state index contributed by atoms with van der Waals surface area (Å²) in [6.45, 7) is 7.23. The predicted molar refractivity (Wildman–Crippen MR) is 82.1 cm³/mol. The lowest BCUT2D eigenvalue weighted by atomic mass is 10.2. The van der Waals surface area contributed by atoms with Crippen LogP contribution < -0.4 is 10.1 Å². The maximum absolute atomic E-state index is 5.83. The van der Waals surface area contributed by atoms with Gasteiger partial charge >= 0.3 is 0 Å². The quantitative estimate of drug-likeness (QED) is 0.863. The van der Waals surface area contributed by atoms with Crippen LogP contribution in [0.15, 0.2) is 42.6 Å². The number of nitrogens with one attached hydrogen (secondary N) is 1. The fraction of sp³-hybridized carbons (Fsp3) is 0.353. The van der Waals surface area contributed by atoms with Crippen molar-refractivity contribution in [1.29, 1.82) is 0 Å². The normalized spacial score (nSPS) is 10.8. The van der Waals surface area contributed by atoms with Crippen LogP contribution in [0.5, 0.6) is 11.6 Å². The van der Waals surface area contributed by atoms with Gasteiger partial charge in [-0.1, -0.05) is 32.9 Å². The summed E-state index contributed by atoms with van der Waals surface area (Å²) in [5, 5.41) is 3.39. The Hall–Kier alpha value is -1.87. The largest absolute Gasteiger partial charge is 0.439 e. The SMILES string of the molecule is CCc1cccc(Oc2cc(CNC(C)C)ccn2)c1. The zero-order valence-corrected chi connectivity index (χ0v) is 12.4. The van der Waals surface area contributed by atoms with E-state index in [0.29, 0.717) is 11.9 Å². The van der Waals surface area contributed by atoms with Crippen molar-refractivity contribution in [2.75, 3.05) is 0 Å². The average Bonchev–Trinajstić information content (AvgIpc) is 2.46. The second-order valence-corrected chi connectivity index (χ2v) is 5.14. The molecule has 1 heterocycles. The maximum Gasteiger partial charge on any atom is 0.219 e.